The molecular weight excluding hydrogens is 322 g/mol. The number of methoxy groups -OCH3 is 1. The van der Waals surface area contributed by atoms with Gasteiger partial charge in [0.15, 0.2) is 0 Å². The quantitative estimate of drug-likeness (QED) is 0.834. The maximum atomic E-state index is 12.9. The summed E-state index contributed by atoms with van der Waals surface area (Å²) in [6.45, 7) is 5.81. The predicted molar refractivity (Wildman–Crippen MR) is 92.6 cm³/mol. The highest BCUT2D eigenvalue weighted by Crippen LogP contribution is 2.25. The molecule has 7 heteroatoms. The van der Waals surface area contributed by atoms with E-state index >= 15 is 0 Å². The van der Waals surface area contributed by atoms with E-state index in [0.29, 0.717) is 23.9 Å². The zero-order valence-electron chi connectivity index (χ0n) is 14.8. The average molecular weight is 349 g/mol. The number of ether oxygens (including phenoxy) is 2. The van der Waals surface area contributed by atoms with E-state index in [-0.39, 0.29) is 18.4 Å². The summed E-state index contributed by atoms with van der Waals surface area (Å²) in [7, 11) is 1.54. The summed E-state index contributed by atoms with van der Waals surface area (Å²) in [5.41, 5.74) is 0.579. The van der Waals surface area contributed by atoms with Gasteiger partial charge in [-0.3, -0.25) is 9.69 Å². The molecular formula is C18H27N3O4. The molecule has 3 heterocycles. The van der Waals surface area contributed by atoms with Crippen LogP contribution in [0.1, 0.15) is 16.8 Å². The number of amides is 1. The molecule has 1 N–H and O–H groups in total. The van der Waals surface area contributed by atoms with Crippen molar-refractivity contribution in [1.82, 2.24) is 14.8 Å². The molecule has 2 aliphatic rings. The summed E-state index contributed by atoms with van der Waals surface area (Å²) < 4.78 is 10.5. The van der Waals surface area contributed by atoms with Gasteiger partial charge < -0.3 is 19.5 Å². The van der Waals surface area contributed by atoms with Crippen molar-refractivity contribution in [2.75, 3.05) is 59.7 Å². The van der Waals surface area contributed by atoms with Crippen molar-refractivity contribution in [2.24, 2.45) is 11.8 Å². The molecule has 0 aromatic carbocycles. The molecule has 25 heavy (non-hydrogen) atoms. The van der Waals surface area contributed by atoms with E-state index in [4.69, 9.17) is 9.47 Å². The van der Waals surface area contributed by atoms with E-state index in [1.54, 1.807) is 18.3 Å². The fraction of sp³-hybridized carbons (Fsp3) is 0.667. The second-order valence-electron chi connectivity index (χ2n) is 6.86. The van der Waals surface area contributed by atoms with Crippen LogP contribution in [0.15, 0.2) is 18.3 Å². The highest BCUT2D eigenvalue weighted by molar-refractivity contribution is 5.94. The van der Waals surface area contributed by atoms with Crippen molar-refractivity contribution >= 4 is 5.91 Å². The van der Waals surface area contributed by atoms with Crippen LogP contribution in [-0.4, -0.2) is 85.5 Å². The number of nitrogens with zero attached hydrogens (tertiary/aromatic N) is 3. The van der Waals surface area contributed by atoms with Crippen molar-refractivity contribution in [1.29, 1.82) is 0 Å². The van der Waals surface area contributed by atoms with Crippen molar-refractivity contribution in [3.63, 3.8) is 0 Å². The van der Waals surface area contributed by atoms with Gasteiger partial charge >= 0.3 is 0 Å². The van der Waals surface area contributed by atoms with Gasteiger partial charge in [0.05, 0.1) is 20.3 Å². The number of likely N-dealkylation sites (tertiary alicyclic amines) is 1. The second kappa shape index (κ2) is 8.60. The number of aliphatic hydroxyl groups is 1. The molecule has 0 aliphatic carbocycles. The smallest absolute Gasteiger partial charge is 0.254 e. The number of morpholine rings is 1. The Kier molecular flexibility index (Phi) is 6.23. The summed E-state index contributed by atoms with van der Waals surface area (Å²) in [5, 5.41) is 9.67. The third-order valence-corrected chi connectivity index (χ3v) is 4.98. The fourth-order valence-corrected chi connectivity index (χ4v) is 3.73. The molecule has 2 fully saturated rings. The highest BCUT2D eigenvalue weighted by Gasteiger charge is 2.31. The SMILES string of the molecule is COc1cc(C(=O)N2C[C@H](CO)C[C@H](CN3CCOCC3)C2)ccn1. The maximum absolute atomic E-state index is 12.9. The topological polar surface area (TPSA) is 75.1 Å². The molecule has 138 valence electrons. The Labute approximate surface area is 148 Å². The van der Waals surface area contributed by atoms with Crippen LogP contribution in [0.4, 0.5) is 0 Å². The van der Waals surface area contributed by atoms with Gasteiger partial charge in [-0.2, -0.15) is 0 Å². The number of carbonyl (C=O) groups is 1. The largest absolute Gasteiger partial charge is 0.481 e. The molecule has 0 bridgehead atoms. The zero-order valence-corrected chi connectivity index (χ0v) is 14.8. The second-order valence-corrected chi connectivity index (χ2v) is 6.86. The Morgan fingerprint density at radius 1 is 1.36 bits per heavy atom. The van der Waals surface area contributed by atoms with E-state index < -0.39 is 0 Å². The molecule has 1 aromatic heterocycles. The minimum atomic E-state index is -0.0224. The van der Waals surface area contributed by atoms with E-state index in [2.05, 4.69) is 9.88 Å². The van der Waals surface area contributed by atoms with Crippen LogP contribution >= 0.6 is 0 Å². The Balaban J connectivity index is 1.67. The van der Waals surface area contributed by atoms with Gasteiger partial charge in [-0.05, 0) is 24.3 Å². The Bertz CT molecular complexity index is 577. The standard InChI is InChI=1S/C18H27N3O4/c1-24-17-9-16(2-3-19-17)18(23)21-11-14(8-15(12-21)13-22)10-20-4-6-25-7-5-20/h2-3,9,14-15,22H,4-8,10-13H2,1H3/t14-,15-/m1/s1. The van der Waals surface area contributed by atoms with Crippen LogP contribution < -0.4 is 4.74 Å². The number of hydrogen-bond acceptors (Lipinski definition) is 6. The first kappa shape index (κ1) is 18.1. The third-order valence-electron chi connectivity index (χ3n) is 4.98. The summed E-state index contributed by atoms with van der Waals surface area (Å²) in [4.78, 5) is 21.2. The van der Waals surface area contributed by atoms with Crippen LogP contribution in [0.25, 0.3) is 0 Å². The summed E-state index contributed by atoms with van der Waals surface area (Å²) in [6.07, 6.45) is 2.54. The van der Waals surface area contributed by atoms with E-state index in [0.717, 1.165) is 45.8 Å². The Hall–Kier alpha value is -1.70. The van der Waals surface area contributed by atoms with Crippen molar-refractivity contribution in [3.8, 4) is 5.88 Å². The third kappa shape index (κ3) is 4.68. The normalized spacial score (nSPS) is 25.0. The molecule has 0 radical (unpaired) electrons. The molecule has 2 aliphatic heterocycles. The van der Waals surface area contributed by atoms with Crippen molar-refractivity contribution < 1.29 is 19.4 Å². The number of pyridine rings is 1. The summed E-state index contributed by atoms with van der Waals surface area (Å²) >= 11 is 0. The first-order valence-electron chi connectivity index (χ1n) is 8.90. The first-order valence-corrected chi connectivity index (χ1v) is 8.90. The van der Waals surface area contributed by atoms with Gasteiger partial charge in [0.2, 0.25) is 5.88 Å². The molecule has 0 unspecified atom stereocenters. The number of rotatable bonds is 5. The van der Waals surface area contributed by atoms with Gasteiger partial charge in [-0.1, -0.05) is 0 Å². The highest BCUT2D eigenvalue weighted by atomic mass is 16.5. The monoisotopic (exact) mass is 349 g/mol. The van der Waals surface area contributed by atoms with E-state index in [1.807, 2.05) is 4.90 Å². The lowest BCUT2D eigenvalue weighted by Crippen LogP contribution is -2.49. The maximum Gasteiger partial charge on any atom is 0.254 e. The van der Waals surface area contributed by atoms with Crippen molar-refractivity contribution in [2.45, 2.75) is 6.42 Å². The van der Waals surface area contributed by atoms with Gasteiger partial charge in [0, 0.05) is 57.2 Å². The zero-order chi connectivity index (χ0) is 17.6. The minimum Gasteiger partial charge on any atom is -0.481 e. The Morgan fingerprint density at radius 3 is 2.84 bits per heavy atom. The number of piperidine rings is 1. The Morgan fingerprint density at radius 2 is 2.12 bits per heavy atom. The van der Waals surface area contributed by atoms with E-state index in [1.165, 1.54) is 7.11 Å². The van der Waals surface area contributed by atoms with Gasteiger partial charge in [-0.15, -0.1) is 0 Å². The molecule has 2 atom stereocenters. The number of aromatic nitrogens is 1. The lowest BCUT2D eigenvalue weighted by Gasteiger charge is -2.40. The molecule has 7 nitrogen and oxygen atoms in total. The summed E-state index contributed by atoms with van der Waals surface area (Å²) in [5.74, 6) is 0.918. The van der Waals surface area contributed by atoms with Crippen molar-refractivity contribution in [3.05, 3.63) is 23.9 Å². The lowest BCUT2D eigenvalue weighted by atomic mass is 9.88. The summed E-state index contributed by atoms with van der Waals surface area (Å²) in [6, 6.07) is 3.38. The van der Waals surface area contributed by atoms with Gasteiger partial charge in [-0.25, -0.2) is 4.98 Å². The van der Waals surface area contributed by atoms with Gasteiger partial charge in [0.1, 0.15) is 0 Å². The molecule has 0 saturated carbocycles. The van der Waals surface area contributed by atoms with Crippen LogP contribution in [-0.2, 0) is 4.74 Å². The van der Waals surface area contributed by atoms with Crippen LogP contribution in [0.5, 0.6) is 5.88 Å². The van der Waals surface area contributed by atoms with Crippen LogP contribution in [0.2, 0.25) is 0 Å². The molecule has 1 aromatic rings. The first-order chi connectivity index (χ1) is 12.2. The number of hydrogen-bond donors (Lipinski definition) is 1. The predicted octanol–water partition coefficient (Wildman–Crippen LogP) is 0.493. The molecule has 0 spiro atoms. The van der Waals surface area contributed by atoms with Crippen LogP contribution in [0.3, 0.4) is 0 Å². The molecule has 1 amide bonds. The molecule has 2 saturated heterocycles. The van der Waals surface area contributed by atoms with Crippen LogP contribution in [0, 0.1) is 11.8 Å². The van der Waals surface area contributed by atoms with Gasteiger partial charge in [0.25, 0.3) is 5.91 Å². The molecule has 3 rings (SSSR count). The number of aliphatic hydroxyl groups excluding tert-OH is 1. The average Bonchev–Trinajstić information content (AvgIpc) is 2.68. The fourth-order valence-electron chi connectivity index (χ4n) is 3.73. The number of carbonyl (C=O) groups excluding carboxylic acids is 1. The van der Waals surface area contributed by atoms with E-state index in [9.17, 15) is 9.90 Å². The minimum absolute atomic E-state index is 0.0224. The lowest BCUT2D eigenvalue weighted by molar-refractivity contribution is 0.0130.